The lowest BCUT2D eigenvalue weighted by Gasteiger charge is -2.30. The Morgan fingerprint density at radius 3 is 2.82 bits per heavy atom. The van der Waals surface area contributed by atoms with Crippen molar-refractivity contribution in [3.8, 4) is 0 Å². The number of carbonyl (C=O) groups excluding carboxylic acids is 1. The van der Waals surface area contributed by atoms with Crippen LogP contribution in [0.25, 0.3) is 0 Å². The van der Waals surface area contributed by atoms with Crippen LogP contribution >= 0.6 is 0 Å². The monoisotopic (exact) mass is 242 g/mol. The van der Waals surface area contributed by atoms with Crippen LogP contribution in [0.5, 0.6) is 0 Å². The molecule has 0 radical (unpaired) electrons. The number of hydrogen-bond acceptors (Lipinski definition) is 4. The standard InChI is InChI=1S/C13H26N2O2/c1-4-17-13(16)10(2)9-15(3)12-7-5-6-11(12)8-14/h10-12H,4-9,14H2,1-3H3. The summed E-state index contributed by atoms with van der Waals surface area (Å²) in [6, 6.07) is 0.539. The maximum absolute atomic E-state index is 11.6. The molecule has 0 amide bonds. The third-order valence-electron chi connectivity index (χ3n) is 3.74. The van der Waals surface area contributed by atoms with Crippen molar-refractivity contribution in [1.29, 1.82) is 0 Å². The van der Waals surface area contributed by atoms with Crippen molar-refractivity contribution in [1.82, 2.24) is 4.90 Å². The van der Waals surface area contributed by atoms with Crippen LogP contribution in [0.2, 0.25) is 0 Å². The molecule has 0 aromatic rings. The van der Waals surface area contributed by atoms with Crippen LogP contribution < -0.4 is 5.73 Å². The molecule has 0 aromatic carbocycles. The molecule has 0 bridgehead atoms. The summed E-state index contributed by atoms with van der Waals surface area (Å²) >= 11 is 0. The minimum atomic E-state index is -0.0957. The number of ether oxygens (including phenoxy) is 1. The van der Waals surface area contributed by atoms with Gasteiger partial charge in [-0.25, -0.2) is 0 Å². The number of hydrogen-bond donors (Lipinski definition) is 1. The van der Waals surface area contributed by atoms with Gasteiger partial charge >= 0.3 is 5.97 Å². The van der Waals surface area contributed by atoms with Crippen molar-refractivity contribution in [2.24, 2.45) is 17.6 Å². The van der Waals surface area contributed by atoms with Crippen LogP contribution in [-0.4, -0.2) is 43.7 Å². The Labute approximate surface area is 104 Å². The van der Waals surface area contributed by atoms with E-state index >= 15 is 0 Å². The SMILES string of the molecule is CCOC(=O)C(C)CN(C)C1CCCC1CN. The van der Waals surface area contributed by atoms with Gasteiger partial charge in [-0.05, 0) is 39.3 Å². The minimum Gasteiger partial charge on any atom is -0.466 e. The lowest BCUT2D eigenvalue weighted by molar-refractivity contribution is -0.148. The fourth-order valence-electron chi connectivity index (χ4n) is 2.80. The van der Waals surface area contributed by atoms with Gasteiger partial charge in [-0.2, -0.15) is 0 Å². The van der Waals surface area contributed by atoms with E-state index in [1.807, 2.05) is 13.8 Å². The zero-order valence-electron chi connectivity index (χ0n) is 11.3. The molecule has 17 heavy (non-hydrogen) atoms. The van der Waals surface area contributed by atoms with Gasteiger partial charge in [0.25, 0.3) is 0 Å². The van der Waals surface area contributed by atoms with Gasteiger partial charge in [-0.15, -0.1) is 0 Å². The number of rotatable bonds is 6. The molecule has 3 atom stereocenters. The van der Waals surface area contributed by atoms with E-state index in [2.05, 4.69) is 11.9 Å². The molecule has 100 valence electrons. The smallest absolute Gasteiger partial charge is 0.309 e. The fourth-order valence-corrected chi connectivity index (χ4v) is 2.80. The maximum Gasteiger partial charge on any atom is 0.309 e. The minimum absolute atomic E-state index is 0.0565. The normalized spacial score (nSPS) is 26.2. The van der Waals surface area contributed by atoms with Gasteiger partial charge in [0.05, 0.1) is 12.5 Å². The predicted molar refractivity (Wildman–Crippen MR) is 68.6 cm³/mol. The van der Waals surface area contributed by atoms with Crippen LogP contribution in [-0.2, 0) is 9.53 Å². The fraction of sp³-hybridized carbons (Fsp3) is 0.923. The first-order valence-electron chi connectivity index (χ1n) is 6.67. The predicted octanol–water partition coefficient (Wildman–Crippen LogP) is 1.24. The quantitative estimate of drug-likeness (QED) is 0.712. The topological polar surface area (TPSA) is 55.6 Å². The summed E-state index contributed by atoms with van der Waals surface area (Å²) in [7, 11) is 2.09. The van der Waals surface area contributed by atoms with E-state index in [1.54, 1.807) is 0 Å². The van der Waals surface area contributed by atoms with Gasteiger partial charge in [0, 0.05) is 12.6 Å². The van der Waals surface area contributed by atoms with E-state index in [0.717, 1.165) is 13.1 Å². The first-order chi connectivity index (χ1) is 8.10. The number of nitrogens with zero attached hydrogens (tertiary/aromatic N) is 1. The molecule has 1 rings (SSSR count). The van der Waals surface area contributed by atoms with Gasteiger partial charge in [0.2, 0.25) is 0 Å². The molecule has 0 heterocycles. The van der Waals surface area contributed by atoms with Crippen LogP contribution in [0.3, 0.4) is 0 Å². The highest BCUT2D eigenvalue weighted by Gasteiger charge is 2.30. The van der Waals surface area contributed by atoms with Crippen molar-refractivity contribution >= 4 is 5.97 Å². The van der Waals surface area contributed by atoms with Crippen molar-refractivity contribution in [3.05, 3.63) is 0 Å². The van der Waals surface area contributed by atoms with Crippen molar-refractivity contribution in [3.63, 3.8) is 0 Å². The van der Waals surface area contributed by atoms with Crippen LogP contribution in [0.15, 0.2) is 0 Å². The molecule has 0 saturated heterocycles. The van der Waals surface area contributed by atoms with Crippen molar-refractivity contribution < 1.29 is 9.53 Å². The highest BCUT2D eigenvalue weighted by atomic mass is 16.5. The zero-order chi connectivity index (χ0) is 12.8. The molecule has 3 unspecified atom stereocenters. The first-order valence-corrected chi connectivity index (χ1v) is 6.67. The second-order valence-corrected chi connectivity index (χ2v) is 5.09. The molecule has 4 heteroatoms. The van der Waals surface area contributed by atoms with E-state index in [1.165, 1.54) is 19.3 Å². The van der Waals surface area contributed by atoms with E-state index in [4.69, 9.17) is 10.5 Å². The van der Waals surface area contributed by atoms with Crippen molar-refractivity contribution in [2.75, 3.05) is 26.7 Å². The summed E-state index contributed by atoms with van der Waals surface area (Å²) in [5.41, 5.74) is 5.78. The number of nitrogens with two attached hydrogens (primary N) is 1. The summed E-state index contributed by atoms with van der Waals surface area (Å²) in [5, 5.41) is 0. The summed E-state index contributed by atoms with van der Waals surface area (Å²) in [6.07, 6.45) is 3.68. The zero-order valence-corrected chi connectivity index (χ0v) is 11.3. The molecule has 0 aromatic heterocycles. The van der Waals surface area contributed by atoms with E-state index in [0.29, 0.717) is 18.6 Å². The van der Waals surface area contributed by atoms with Gasteiger partial charge < -0.3 is 15.4 Å². The molecule has 1 fully saturated rings. The Morgan fingerprint density at radius 1 is 1.53 bits per heavy atom. The molecular formula is C13H26N2O2. The number of esters is 1. The van der Waals surface area contributed by atoms with Crippen LogP contribution in [0.4, 0.5) is 0 Å². The lowest BCUT2D eigenvalue weighted by atomic mass is 10.0. The second kappa shape index (κ2) is 6.97. The summed E-state index contributed by atoms with van der Waals surface area (Å²) in [4.78, 5) is 13.9. The summed E-state index contributed by atoms with van der Waals surface area (Å²) in [6.45, 7) is 5.75. The Bertz CT molecular complexity index is 246. The molecule has 1 saturated carbocycles. The highest BCUT2D eigenvalue weighted by molar-refractivity contribution is 5.72. The lowest BCUT2D eigenvalue weighted by Crippen LogP contribution is -2.41. The van der Waals surface area contributed by atoms with Gasteiger partial charge in [-0.3, -0.25) is 4.79 Å². The Morgan fingerprint density at radius 2 is 2.24 bits per heavy atom. The average molecular weight is 242 g/mol. The van der Waals surface area contributed by atoms with Gasteiger partial charge in [0.15, 0.2) is 0 Å². The molecule has 0 spiro atoms. The second-order valence-electron chi connectivity index (χ2n) is 5.09. The molecule has 2 N–H and O–H groups in total. The first kappa shape index (κ1) is 14.5. The van der Waals surface area contributed by atoms with E-state index < -0.39 is 0 Å². The third-order valence-corrected chi connectivity index (χ3v) is 3.74. The molecule has 4 nitrogen and oxygen atoms in total. The molecule has 1 aliphatic carbocycles. The third kappa shape index (κ3) is 3.96. The molecular weight excluding hydrogens is 216 g/mol. The average Bonchev–Trinajstić information content (AvgIpc) is 2.77. The Balaban J connectivity index is 2.42. The maximum atomic E-state index is 11.6. The van der Waals surface area contributed by atoms with Gasteiger partial charge in [0.1, 0.15) is 0 Å². The highest BCUT2D eigenvalue weighted by Crippen LogP contribution is 2.28. The molecule has 0 aliphatic heterocycles. The van der Waals surface area contributed by atoms with Crippen LogP contribution in [0, 0.1) is 11.8 Å². The van der Waals surface area contributed by atoms with Gasteiger partial charge in [-0.1, -0.05) is 13.3 Å². The molecule has 1 aliphatic rings. The Hall–Kier alpha value is -0.610. The Kier molecular flexibility index (Phi) is 5.92. The summed E-state index contributed by atoms with van der Waals surface area (Å²) in [5.74, 6) is 0.440. The van der Waals surface area contributed by atoms with Crippen LogP contribution in [0.1, 0.15) is 33.1 Å². The summed E-state index contributed by atoms with van der Waals surface area (Å²) < 4.78 is 5.03. The number of carbonyl (C=O) groups is 1. The van der Waals surface area contributed by atoms with E-state index in [-0.39, 0.29) is 11.9 Å². The largest absolute Gasteiger partial charge is 0.466 e. The van der Waals surface area contributed by atoms with Crippen molar-refractivity contribution in [2.45, 2.75) is 39.2 Å². The van der Waals surface area contributed by atoms with E-state index in [9.17, 15) is 4.79 Å².